The Balaban J connectivity index is 1.79. The topological polar surface area (TPSA) is 86.8 Å². The van der Waals surface area contributed by atoms with Crippen LogP contribution in [0.15, 0.2) is 114 Å². The summed E-state index contributed by atoms with van der Waals surface area (Å²) in [4.78, 5) is 29.4. The number of halogens is 1. The molecule has 0 saturated carbocycles. The number of likely N-dealkylation sites (N-methyl/N-ethyl adjacent to an activating group) is 1. The molecule has 0 radical (unpaired) electrons. The van der Waals surface area contributed by atoms with Gasteiger partial charge in [0.25, 0.3) is 10.0 Å². The normalized spacial score (nSPS) is 11.9. The minimum absolute atomic E-state index is 0.0150. The summed E-state index contributed by atoms with van der Waals surface area (Å²) in [6.45, 7) is 3.69. The molecule has 1 N–H and O–H groups in total. The van der Waals surface area contributed by atoms with Gasteiger partial charge >= 0.3 is 0 Å². The number of nitrogens with one attached hydrogen (secondary N) is 1. The zero-order valence-electron chi connectivity index (χ0n) is 24.3. The molecular weight excluding hydrogens is 582 g/mol. The predicted molar refractivity (Wildman–Crippen MR) is 171 cm³/mol. The smallest absolute Gasteiger partial charge is 0.264 e. The first-order valence-corrected chi connectivity index (χ1v) is 16.1. The molecule has 4 aromatic rings. The van der Waals surface area contributed by atoms with E-state index in [1.807, 2.05) is 62.4 Å². The van der Waals surface area contributed by atoms with Crippen molar-refractivity contribution in [3.05, 3.63) is 131 Å². The first-order chi connectivity index (χ1) is 20.7. The number of hydrogen-bond donors (Lipinski definition) is 1. The summed E-state index contributed by atoms with van der Waals surface area (Å²) in [6.07, 6.45) is 1.02. The van der Waals surface area contributed by atoms with Crippen molar-refractivity contribution in [1.29, 1.82) is 0 Å². The molecular formula is C34H36ClN3O4S. The van der Waals surface area contributed by atoms with Gasteiger partial charge in [-0.25, -0.2) is 8.42 Å². The number of amides is 2. The quantitative estimate of drug-likeness (QED) is 0.203. The average molecular weight is 618 g/mol. The molecule has 0 bridgehead atoms. The molecule has 0 aromatic heterocycles. The molecule has 0 aliphatic carbocycles. The van der Waals surface area contributed by atoms with E-state index in [1.165, 1.54) is 17.0 Å². The van der Waals surface area contributed by atoms with Crippen molar-refractivity contribution in [2.45, 2.75) is 44.2 Å². The van der Waals surface area contributed by atoms with Crippen LogP contribution in [0.3, 0.4) is 0 Å². The Bertz CT molecular complexity index is 1610. The van der Waals surface area contributed by atoms with Crippen LogP contribution in [0.5, 0.6) is 0 Å². The monoisotopic (exact) mass is 617 g/mol. The summed E-state index contributed by atoms with van der Waals surface area (Å²) in [5.74, 6) is -0.873. The molecule has 0 heterocycles. The molecule has 43 heavy (non-hydrogen) atoms. The number of anilines is 1. The lowest BCUT2D eigenvalue weighted by Crippen LogP contribution is -2.53. The average Bonchev–Trinajstić information content (AvgIpc) is 3.03. The Labute approximate surface area is 259 Å². The van der Waals surface area contributed by atoms with Gasteiger partial charge in [-0.2, -0.15) is 0 Å². The van der Waals surface area contributed by atoms with Crippen LogP contribution in [0.1, 0.15) is 30.5 Å². The lowest BCUT2D eigenvalue weighted by atomic mass is 10.0. The summed E-state index contributed by atoms with van der Waals surface area (Å²) in [5, 5.41) is 3.30. The van der Waals surface area contributed by atoms with Gasteiger partial charge in [0.05, 0.1) is 10.6 Å². The second-order valence-corrected chi connectivity index (χ2v) is 12.3. The van der Waals surface area contributed by atoms with Crippen molar-refractivity contribution >= 4 is 39.1 Å². The highest BCUT2D eigenvalue weighted by Crippen LogP contribution is 2.26. The van der Waals surface area contributed by atoms with Gasteiger partial charge in [0, 0.05) is 24.5 Å². The second kappa shape index (κ2) is 14.8. The Hall–Kier alpha value is -4.14. The lowest BCUT2D eigenvalue weighted by Gasteiger charge is -2.34. The zero-order chi connectivity index (χ0) is 30.8. The van der Waals surface area contributed by atoms with Gasteiger partial charge in [-0.05, 0) is 60.4 Å². The number of carbonyl (C=O) groups excluding carboxylic acids is 2. The molecule has 4 rings (SSSR count). The van der Waals surface area contributed by atoms with Gasteiger partial charge in [0.2, 0.25) is 11.8 Å². The molecule has 0 spiro atoms. The Kier molecular flexibility index (Phi) is 11.0. The van der Waals surface area contributed by atoms with Crippen LogP contribution in [0.25, 0.3) is 0 Å². The number of benzene rings is 4. The number of hydrogen-bond acceptors (Lipinski definition) is 4. The zero-order valence-corrected chi connectivity index (χ0v) is 25.9. The largest absolute Gasteiger partial charge is 0.355 e. The van der Waals surface area contributed by atoms with Crippen molar-refractivity contribution < 1.29 is 18.0 Å². The summed E-state index contributed by atoms with van der Waals surface area (Å²) < 4.78 is 29.1. The molecule has 4 aromatic carbocycles. The van der Waals surface area contributed by atoms with Crippen LogP contribution >= 0.6 is 11.6 Å². The van der Waals surface area contributed by atoms with E-state index in [1.54, 1.807) is 48.5 Å². The molecule has 2 amide bonds. The number of nitrogens with zero attached hydrogens (tertiary/aromatic N) is 2. The van der Waals surface area contributed by atoms with E-state index in [4.69, 9.17) is 11.6 Å². The Morgan fingerprint density at radius 1 is 0.791 bits per heavy atom. The Morgan fingerprint density at radius 3 is 2.00 bits per heavy atom. The van der Waals surface area contributed by atoms with E-state index in [2.05, 4.69) is 5.32 Å². The second-order valence-electron chi connectivity index (χ2n) is 10.1. The van der Waals surface area contributed by atoms with E-state index in [-0.39, 0.29) is 23.8 Å². The fourth-order valence-corrected chi connectivity index (χ4v) is 6.43. The minimum Gasteiger partial charge on any atom is -0.355 e. The molecule has 0 fully saturated rings. The molecule has 1 unspecified atom stereocenters. The predicted octanol–water partition coefficient (Wildman–Crippen LogP) is 5.87. The van der Waals surface area contributed by atoms with Crippen LogP contribution in [0.4, 0.5) is 5.69 Å². The number of sulfonamides is 1. The van der Waals surface area contributed by atoms with E-state index >= 15 is 0 Å². The molecule has 7 nitrogen and oxygen atoms in total. The fourth-order valence-electron chi connectivity index (χ4n) is 4.80. The number of aryl methyl sites for hydroxylation is 1. The summed E-state index contributed by atoms with van der Waals surface area (Å²) in [6, 6.07) is 30.7. The van der Waals surface area contributed by atoms with Gasteiger partial charge in [-0.3, -0.25) is 13.9 Å². The summed E-state index contributed by atoms with van der Waals surface area (Å²) in [7, 11) is -4.14. The molecule has 0 aliphatic rings. The van der Waals surface area contributed by atoms with Gasteiger partial charge in [0.1, 0.15) is 12.6 Å². The molecule has 1 atom stereocenters. The van der Waals surface area contributed by atoms with Crippen molar-refractivity contribution in [2.75, 3.05) is 17.4 Å². The molecule has 0 saturated heterocycles. The standard InChI is InChI=1S/C34H36ClN3O4S/c1-3-26-19-21-29(22-20-26)38(43(41,42)30-16-9-6-10-17-30)25-33(39)37(24-28-15-11-12-18-31(28)35)32(34(40)36-4-2)23-27-13-7-5-8-14-27/h5-22,32H,3-4,23-25H2,1-2H3,(H,36,40). The van der Waals surface area contributed by atoms with E-state index in [0.29, 0.717) is 22.8 Å². The fraction of sp³-hybridized carbons (Fsp3) is 0.235. The number of rotatable bonds is 13. The van der Waals surface area contributed by atoms with E-state index in [0.717, 1.165) is 21.9 Å². The SMILES string of the molecule is CCNC(=O)C(Cc1ccccc1)N(Cc1ccccc1Cl)C(=O)CN(c1ccc(CC)cc1)S(=O)(=O)c1ccccc1. The third-order valence-corrected chi connectivity index (χ3v) is 9.32. The first kappa shape index (κ1) is 31.8. The highest BCUT2D eigenvalue weighted by atomic mass is 35.5. The lowest BCUT2D eigenvalue weighted by molar-refractivity contribution is -0.140. The van der Waals surface area contributed by atoms with Gasteiger partial charge in [0.15, 0.2) is 0 Å². The van der Waals surface area contributed by atoms with Crippen molar-refractivity contribution in [3.8, 4) is 0 Å². The third kappa shape index (κ3) is 8.03. The van der Waals surface area contributed by atoms with E-state index in [9.17, 15) is 18.0 Å². The summed E-state index contributed by atoms with van der Waals surface area (Å²) >= 11 is 6.52. The van der Waals surface area contributed by atoms with Gasteiger partial charge < -0.3 is 10.2 Å². The van der Waals surface area contributed by atoms with Gasteiger partial charge in [-0.15, -0.1) is 0 Å². The van der Waals surface area contributed by atoms with Crippen molar-refractivity contribution in [1.82, 2.24) is 10.2 Å². The minimum atomic E-state index is -4.14. The van der Waals surface area contributed by atoms with Crippen molar-refractivity contribution in [2.24, 2.45) is 0 Å². The van der Waals surface area contributed by atoms with Crippen LogP contribution in [0.2, 0.25) is 5.02 Å². The number of carbonyl (C=O) groups is 2. The van der Waals surface area contributed by atoms with Crippen LogP contribution in [0, 0.1) is 0 Å². The maximum atomic E-state index is 14.4. The van der Waals surface area contributed by atoms with Crippen LogP contribution in [-0.2, 0) is 39.0 Å². The molecule has 0 aliphatic heterocycles. The summed E-state index contributed by atoms with van der Waals surface area (Å²) in [5.41, 5.74) is 2.89. The van der Waals surface area contributed by atoms with E-state index < -0.39 is 28.5 Å². The third-order valence-electron chi connectivity index (χ3n) is 7.16. The highest BCUT2D eigenvalue weighted by molar-refractivity contribution is 7.92. The van der Waals surface area contributed by atoms with Crippen LogP contribution < -0.4 is 9.62 Å². The van der Waals surface area contributed by atoms with Crippen molar-refractivity contribution in [3.63, 3.8) is 0 Å². The molecule has 224 valence electrons. The van der Waals surface area contributed by atoms with Crippen LogP contribution in [-0.4, -0.2) is 44.3 Å². The first-order valence-electron chi connectivity index (χ1n) is 14.3. The van der Waals surface area contributed by atoms with Gasteiger partial charge in [-0.1, -0.05) is 97.4 Å². The molecule has 9 heteroatoms. The highest BCUT2D eigenvalue weighted by Gasteiger charge is 2.34. The maximum absolute atomic E-state index is 14.4. The Morgan fingerprint density at radius 2 is 1.40 bits per heavy atom. The maximum Gasteiger partial charge on any atom is 0.264 e.